The topological polar surface area (TPSA) is 115 Å². The van der Waals surface area contributed by atoms with Crippen LogP contribution in [0.1, 0.15) is 26.5 Å². The Morgan fingerprint density at radius 3 is 1.95 bits per heavy atom. The van der Waals surface area contributed by atoms with Crippen LogP contribution in [0.3, 0.4) is 0 Å². The minimum Gasteiger partial charge on any atom is -0.463 e. The monoisotopic (exact) mass is 597 g/mol. The summed E-state index contributed by atoms with van der Waals surface area (Å²) in [5.74, 6) is -0.559. The summed E-state index contributed by atoms with van der Waals surface area (Å²) in [6, 6.07) is 30.5. The molecule has 10 nitrogen and oxygen atoms in total. The smallest absolute Gasteiger partial charge is 0.303 e. The first kappa shape index (κ1) is 28.5. The Labute approximate surface area is 249 Å². The molecule has 3 atom stereocenters. The van der Waals surface area contributed by atoms with E-state index >= 15 is 0 Å². The fraction of sp³-hybridized carbons (Fsp3) is 0.219. The van der Waals surface area contributed by atoms with E-state index in [-0.39, 0.29) is 6.61 Å². The molecule has 0 amide bonds. The number of fused-ring (bicyclic) bond motifs is 1. The Morgan fingerprint density at radius 2 is 1.42 bits per heavy atom. The van der Waals surface area contributed by atoms with Crippen molar-refractivity contribution in [3.05, 3.63) is 104 Å². The molecule has 218 valence electrons. The summed E-state index contributed by atoms with van der Waals surface area (Å²) >= 11 is 0. The second-order valence-electron chi connectivity index (χ2n) is 10.0. The first-order valence-corrected chi connectivity index (χ1v) is 15.6. The van der Waals surface area contributed by atoms with Gasteiger partial charge in [-0.25, -0.2) is 9.97 Å². The molecular weight excluding hydrogens is 567 g/mol. The van der Waals surface area contributed by atoms with Gasteiger partial charge in [0.1, 0.15) is 47.3 Å². The van der Waals surface area contributed by atoms with Crippen molar-refractivity contribution in [1.29, 1.82) is 0 Å². The number of hydrogen-bond donors (Lipinski definition) is 0. The lowest BCUT2D eigenvalue weighted by atomic mass is 10.2. The second kappa shape index (κ2) is 12.3. The predicted molar refractivity (Wildman–Crippen MR) is 162 cm³/mol. The lowest BCUT2D eigenvalue weighted by Gasteiger charge is -2.25. The summed E-state index contributed by atoms with van der Waals surface area (Å²) < 4.78 is 25.8. The number of benzene rings is 3. The van der Waals surface area contributed by atoms with Crippen molar-refractivity contribution in [3.63, 3.8) is 0 Å². The Bertz CT molecular complexity index is 1620. The molecule has 1 saturated heterocycles. The van der Waals surface area contributed by atoms with Crippen LogP contribution in [0.5, 0.6) is 5.88 Å². The van der Waals surface area contributed by atoms with Gasteiger partial charge in [-0.15, -0.1) is 0 Å². The van der Waals surface area contributed by atoms with Crippen LogP contribution in [0.2, 0.25) is 0 Å². The molecule has 11 heteroatoms. The molecule has 1 fully saturated rings. The van der Waals surface area contributed by atoms with Crippen molar-refractivity contribution in [1.82, 2.24) is 19.5 Å². The third-order valence-corrected chi connectivity index (χ3v) is 10.7. The van der Waals surface area contributed by atoms with Crippen LogP contribution in [0, 0.1) is 0 Å². The van der Waals surface area contributed by atoms with E-state index in [9.17, 15) is 9.59 Å². The maximum atomic E-state index is 11.8. The number of rotatable bonds is 9. The van der Waals surface area contributed by atoms with Crippen LogP contribution >= 0.6 is 7.49 Å². The molecule has 1 aliphatic rings. The number of esters is 2. The number of carbonyl (C=O) groups is 2. The molecule has 3 aromatic carbocycles. The predicted octanol–water partition coefficient (Wildman–Crippen LogP) is 3.90. The molecule has 0 spiro atoms. The molecule has 0 N–H and O–H groups in total. The van der Waals surface area contributed by atoms with Crippen molar-refractivity contribution in [2.45, 2.75) is 38.7 Å². The van der Waals surface area contributed by atoms with Gasteiger partial charge in [-0.2, -0.15) is 4.98 Å². The van der Waals surface area contributed by atoms with E-state index in [1.54, 1.807) is 10.9 Å². The van der Waals surface area contributed by atoms with Crippen molar-refractivity contribution < 1.29 is 28.3 Å². The first-order chi connectivity index (χ1) is 21.0. The van der Waals surface area contributed by atoms with E-state index in [1.165, 1.54) is 20.2 Å². The van der Waals surface area contributed by atoms with E-state index in [0.29, 0.717) is 23.5 Å². The van der Waals surface area contributed by atoms with Gasteiger partial charge in [0.15, 0.2) is 11.2 Å². The van der Waals surface area contributed by atoms with E-state index < -0.39 is 37.9 Å². The number of hydrogen-bond acceptors (Lipinski definition) is 9. The number of imidazole rings is 1. The highest BCUT2D eigenvalue weighted by atomic mass is 31.2. The van der Waals surface area contributed by atoms with Gasteiger partial charge in [0.2, 0.25) is 0 Å². The van der Waals surface area contributed by atoms with Gasteiger partial charge in [-0.05, 0) is 36.4 Å². The van der Waals surface area contributed by atoms with Crippen LogP contribution < -0.4 is 20.4 Å². The first-order valence-electron chi connectivity index (χ1n) is 13.8. The van der Waals surface area contributed by atoms with Gasteiger partial charge >= 0.3 is 11.9 Å². The van der Waals surface area contributed by atoms with Crippen molar-refractivity contribution in [2.24, 2.45) is 0 Å². The maximum absolute atomic E-state index is 11.8. The summed E-state index contributed by atoms with van der Waals surface area (Å²) in [5, 5.41) is 3.07. The highest BCUT2D eigenvalue weighted by molar-refractivity contribution is 7.92. The molecule has 1 aliphatic heterocycles. The van der Waals surface area contributed by atoms with E-state index in [1.807, 2.05) is 54.6 Å². The Kier molecular flexibility index (Phi) is 8.13. The summed E-state index contributed by atoms with van der Waals surface area (Å²) in [5.41, 5.74) is 0.961. The molecule has 5 aromatic rings. The quantitative estimate of drug-likeness (QED) is 0.184. The van der Waals surface area contributed by atoms with Crippen molar-refractivity contribution in [3.8, 4) is 5.88 Å². The average molecular weight is 598 g/mol. The maximum Gasteiger partial charge on any atom is 0.303 e. The van der Waals surface area contributed by atoms with Gasteiger partial charge in [0, 0.05) is 20.3 Å². The van der Waals surface area contributed by atoms with Gasteiger partial charge < -0.3 is 18.7 Å². The summed E-state index contributed by atoms with van der Waals surface area (Å²) in [4.78, 5) is 37.0. The van der Waals surface area contributed by atoms with Crippen molar-refractivity contribution >= 4 is 46.5 Å². The molecule has 0 aliphatic carbocycles. The van der Waals surface area contributed by atoms with Crippen LogP contribution in [0.25, 0.3) is 11.2 Å². The molecular formula is C32H30N4O6P+. The summed E-state index contributed by atoms with van der Waals surface area (Å²) in [6.07, 6.45) is 1.57. The lowest BCUT2D eigenvalue weighted by Crippen LogP contribution is -2.35. The van der Waals surface area contributed by atoms with Gasteiger partial charge in [0.05, 0.1) is 6.33 Å². The zero-order valence-corrected chi connectivity index (χ0v) is 24.5. The molecule has 0 radical (unpaired) electrons. The van der Waals surface area contributed by atoms with Crippen LogP contribution in [0.15, 0.2) is 104 Å². The molecule has 0 unspecified atom stereocenters. The number of carbonyl (C=O) groups excluding carboxylic acids is 2. The minimum absolute atomic E-state index is 0.0437. The van der Waals surface area contributed by atoms with Crippen molar-refractivity contribution in [2.75, 3.05) is 6.61 Å². The zero-order valence-electron chi connectivity index (χ0n) is 23.6. The van der Waals surface area contributed by atoms with E-state index in [4.69, 9.17) is 18.7 Å². The molecule has 0 saturated carbocycles. The zero-order chi connectivity index (χ0) is 29.8. The van der Waals surface area contributed by atoms with Crippen LogP contribution in [-0.2, 0) is 23.8 Å². The van der Waals surface area contributed by atoms with E-state index in [0.717, 1.165) is 15.9 Å². The summed E-state index contributed by atoms with van der Waals surface area (Å²) in [7, 11) is -2.73. The van der Waals surface area contributed by atoms with Crippen LogP contribution in [0.4, 0.5) is 0 Å². The number of ether oxygens (including phenoxy) is 3. The molecule has 0 bridgehead atoms. The average Bonchev–Trinajstić information content (AvgIpc) is 3.64. The highest BCUT2D eigenvalue weighted by Gasteiger charge is 2.50. The SMILES string of the molecule is CC(=O)OC[C@H]1O[C@@H](n2cnc3c(O[P+](c4ccccc4)(c4ccccc4)c4ccccc4)ncnc32)C[C@@H]1OC(C)=O. The fourth-order valence-electron chi connectivity index (χ4n) is 5.31. The Balaban J connectivity index is 1.42. The largest absolute Gasteiger partial charge is 0.463 e. The third kappa shape index (κ3) is 5.71. The normalized spacial score (nSPS) is 18.3. The van der Waals surface area contributed by atoms with Gasteiger partial charge in [0.25, 0.3) is 13.4 Å². The molecule has 2 aromatic heterocycles. The summed E-state index contributed by atoms with van der Waals surface area (Å²) in [6.45, 7) is 2.61. The van der Waals surface area contributed by atoms with E-state index in [2.05, 4.69) is 51.4 Å². The molecule has 3 heterocycles. The standard InChI is InChI=1S/C32H30N4O6P/c1-22(37)39-19-28-27(40-23(2)38)18-29(41-28)36-21-35-30-31(36)33-20-34-32(30)42-43(24-12-6-3-7-13-24,25-14-8-4-9-15-25)26-16-10-5-11-17-26/h3-17,20-21,27-29H,18-19H2,1-2H3/q+1/t27-,28+,29+/m0/s1. The van der Waals surface area contributed by atoms with Gasteiger partial charge in [-0.3, -0.25) is 14.2 Å². The molecule has 43 heavy (non-hydrogen) atoms. The molecule has 6 rings (SSSR count). The van der Waals surface area contributed by atoms with Crippen LogP contribution in [-0.4, -0.2) is 50.3 Å². The Hall–Kier alpha value is -4.66. The minimum atomic E-state index is -2.73. The lowest BCUT2D eigenvalue weighted by molar-refractivity contribution is -0.155. The highest BCUT2D eigenvalue weighted by Crippen LogP contribution is 2.56. The Morgan fingerprint density at radius 1 is 0.837 bits per heavy atom. The fourth-order valence-corrected chi connectivity index (χ4v) is 8.69. The van der Waals surface area contributed by atoms with Gasteiger partial charge in [-0.1, -0.05) is 54.6 Å². The third-order valence-electron chi connectivity index (χ3n) is 7.17. The number of aromatic nitrogens is 4. The number of nitrogens with zero attached hydrogens (tertiary/aromatic N) is 4. The second-order valence-corrected chi connectivity index (χ2v) is 13.0.